The summed E-state index contributed by atoms with van der Waals surface area (Å²) in [5, 5.41) is 8.99. The molecule has 2 rings (SSSR count). The molecule has 1 aromatic rings. The monoisotopic (exact) mass is 343 g/mol. The highest BCUT2D eigenvalue weighted by molar-refractivity contribution is 9.10. The number of hydrogen-bond donors (Lipinski definition) is 1. The molecule has 0 bridgehead atoms. The van der Waals surface area contributed by atoms with Crippen molar-refractivity contribution in [1.82, 2.24) is 4.90 Å². The van der Waals surface area contributed by atoms with E-state index >= 15 is 0 Å². The summed E-state index contributed by atoms with van der Waals surface area (Å²) >= 11 is 3.49. The second kappa shape index (κ2) is 7.06. The van der Waals surface area contributed by atoms with E-state index in [1.54, 1.807) is 7.11 Å². The summed E-state index contributed by atoms with van der Waals surface area (Å²) in [5.74, 6) is 0.0645. The number of fused-ring (bicyclic) bond motifs is 1. The topological polar surface area (TPSA) is 59.0 Å². The minimum Gasteiger partial charge on any atom is -0.493 e. The van der Waals surface area contributed by atoms with Gasteiger partial charge in [0.15, 0.2) is 0 Å². The van der Waals surface area contributed by atoms with Crippen molar-refractivity contribution in [2.45, 2.75) is 13.0 Å². The Hall–Kier alpha value is -1.11. The number of nitrogens with zero attached hydrogens (tertiary/aromatic N) is 1. The third-order valence-electron chi connectivity index (χ3n) is 3.19. The maximum atomic E-state index is 10.9. The molecule has 0 saturated heterocycles. The Morgan fingerprint density at radius 2 is 2.35 bits per heavy atom. The summed E-state index contributed by atoms with van der Waals surface area (Å²) in [6.45, 7) is 2.30. The highest BCUT2D eigenvalue weighted by Crippen LogP contribution is 2.33. The molecule has 110 valence electrons. The Bertz CT molecular complexity index is 492. The molecular weight excluding hydrogens is 326 g/mol. The van der Waals surface area contributed by atoms with Gasteiger partial charge in [0.1, 0.15) is 5.75 Å². The number of halogens is 1. The maximum absolute atomic E-state index is 10.9. The number of ether oxygens (including phenoxy) is 2. The van der Waals surface area contributed by atoms with Crippen molar-refractivity contribution in [3.8, 4) is 5.75 Å². The van der Waals surface area contributed by atoms with E-state index in [0.717, 1.165) is 22.2 Å². The molecule has 1 aliphatic heterocycles. The van der Waals surface area contributed by atoms with Crippen LogP contribution in [0.1, 0.15) is 11.1 Å². The highest BCUT2D eigenvalue weighted by atomic mass is 79.9. The number of benzene rings is 1. The molecule has 1 heterocycles. The minimum atomic E-state index is -0.839. The number of carbonyl (C=O) groups is 1. The molecule has 0 aromatic heterocycles. The van der Waals surface area contributed by atoms with Crippen molar-refractivity contribution in [2.24, 2.45) is 0 Å². The summed E-state index contributed by atoms with van der Waals surface area (Å²) in [7, 11) is 1.61. The van der Waals surface area contributed by atoms with Gasteiger partial charge in [0.25, 0.3) is 0 Å². The third-order valence-corrected chi connectivity index (χ3v) is 3.65. The summed E-state index contributed by atoms with van der Waals surface area (Å²) < 4.78 is 11.7. The molecule has 1 N–H and O–H groups in total. The molecule has 0 unspecified atom stereocenters. The van der Waals surface area contributed by atoms with Crippen LogP contribution in [-0.4, -0.2) is 49.4 Å². The largest absolute Gasteiger partial charge is 0.493 e. The average molecular weight is 344 g/mol. The number of carboxylic acid groups (broad SMARTS) is 1. The first kappa shape index (κ1) is 15.3. The lowest BCUT2D eigenvalue weighted by molar-refractivity contribution is -0.138. The molecule has 0 fully saturated rings. The molecule has 0 atom stereocenters. The normalized spacial score (nSPS) is 13.3. The Morgan fingerprint density at radius 1 is 1.55 bits per heavy atom. The molecule has 1 aliphatic rings. The van der Waals surface area contributed by atoms with Crippen LogP contribution in [-0.2, 0) is 22.5 Å². The first-order chi connectivity index (χ1) is 9.60. The lowest BCUT2D eigenvalue weighted by Crippen LogP contribution is -2.32. The Labute approximate surface area is 126 Å². The SMILES string of the molecule is COCCN(CC(=O)O)Cc1cc(Br)cc2c1OCC2. The second-order valence-electron chi connectivity index (χ2n) is 4.75. The van der Waals surface area contributed by atoms with Gasteiger partial charge in [-0.2, -0.15) is 0 Å². The number of aliphatic carboxylic acids is 1. The fraction of sp³-hybridized carbons (Fsp3) is 0.500. The van der Waals surface area contributed by atoms with Gasteiger partial charge in [0.05, 0.1) is 19.8 Å². The molecule has 0 aliphatic carbocycles. The summed E-state index contributed by atoms with van der Waals surface area (Å²) in [4.78, 5) is 12.8. The van der Waals surface area contributed by atoms with Gasteiger partial charge in [-0.3, -0.25) is 9.69 Å². The van der Waals surface area contributed by atoms with Crippen molar-refractivity contribution < 1.29 is 19.4 Å². The van der Waals surface area contributed by atoms with Crippen molar-refractivity contribution in [3.63, 3.8) is 0 Å². The van der Waals surface area contributed by atoms with Crippen LogP contribution in [0.5, 0.6) is 5.75 Å². The average Bonchev–Trinajstić information content (AvgIpc) is 2.83. The van der Waals surface area contributed by atoms with Crippen molar-refractivity contribution in [3.05, 3.63) is 27.7 Å². The van der Waals surface area contributed by atoms with Gasteiger partial charge in [-0.15, -0.1) is 0 Å². The lowest BCUT2D eigenvalue weighted by atomic mass is 10.1. The summed E-state index contributed by atoms with van der Waals surface area (Å²) in [6, 6.07) is 4.05. The van der Waals surface area contributed by atoms with Crippen LogP contribution >= 0.6 is 15.9 Å². The quantitative estimate of drug-likeness (QED) is 0.819. The van der Waals surface area contributed by atoms with Gasteiger partial charge >= 0.3 is 5.97 Å². The molecule has 0 saturated carbocycles. The van der Waals surface area contributed by atoms with Crippen molar-refractivity contribution >= 4 is 21.9 Å². The molecular formula is C14H18BrNO4. The van der Waals surface area contributed by atoms with Gasteiger partial charge in [0.2, 0.25) is 0 Å². The fourth-order valence-electron chi connectivity index (χ4n) is 2.33. The highest BCUT2D eigenvalue weighted by Gasteiger charge is 2.20. The van der Waals surface area contributed by atoms with E-state index in [0.29, 0.717) is 26.3 Å². The zero-order valence-electron chi connectivity index (χ0n) is 11.4. The van der Waals surface area contributed by atoms with Crippen LogP contribution in [0.4, 0.5) is 0 Å². The number of hydrogen-bond acceptors (Lipinski definition) is 4. The van der Waals surface area contributed by atoms with E-state index < -0.39 is 5.97 Å². The number of carboxylic acids is 1. The van der Waals surface area contributed by atoms with Crippen LogP contribution in [0.3, 0.4) is 0 Å². The first-order valence-electron chi connectivity index (χ1n) is 6.47. The van der Waals surface area contributed by atoms with E-state index in [1.165, 1.54) is 5.56 Å². The van der Waals surface area contributed by atoms with Crippen LogP contribution in [0.15, 0.2) is 16.6 Å². The summed E-state index contributed by atoms with van der Waals surface area (Å²) in [5.41, 5.74) is 2.20. The van der Waals surface area contributed by atoms with Crippen LogP contribution in [0, 0.1) is 0 Å². The third kappa shape index (κ3) is 3.94. The Morgan fingerprint density at radius 3 is 3.05 bits per heavy atom. The molecule has 1 aromatic carbocycles. The molecule has 5 nitrogen and oxygen atoms in total. The van der Waals surface area contributed by atoms with Gasteiger partial charge < -0.3 is 14.6 Å². The van der Waals surface area contributed by atoms with Crippen LogP contribution in [0.25, 0.3) is 0 Å². The molecule has 0 spiro atoms. The van der Waals surface area contributed by atoms with Gasteiger partial charge in [-0.05, 0) is 17.7 Å². The fourth-order valence-corrected chi connectivity index (χ4v) is 2.88. The predicted molar refractivity (Wildman–Crippen MR) is 78.1 cm³/mol. The predicted octanol–water partition coefficient (Wildman–Crippen LogP) is 1.92. The maximum Gasteiger partial charge on any atom is 0.317 e. The zero-order valence-corrected chi connectivity index (χ0v) is 13.0. The van der Waals surface area contributed by atoms with Crippen molar-refractivity contribution in [1.29, 1.82) is 0 Å². The van der Waals surface area contributed by atoms with Gasteiger partial charge in [-0.25, -0.2) is 0 Å². The Kier molecular flexibility index (Phi) is 5.39. The lowest BCUT2D eigenvalue weighted by Gasteiger charge is -2.21. The van der Waals surface area contributed by atoms with Gasteiger partial charge in [0, 0.05) is 36.7 Å². The zero-order chi connectivity index (χ0) is 14.5. The van der Waals surface area contributed by atoms with Crippen molar-refractivity contribution in [2.75, 3.05) is 33.4 Å². The molecule has 0 radical (unpaired) electrons. The molecule has 0 amide bonds. The van der Waals surface area contributed by atoms with E-state index in [1.807, 2.05) is 11.0 Å². The molecule has 6 heteroatoms. The Balaban J connectivity index is 2.15. The second-order valence-corrected chi connectivity index (χ2v) is 5.66. The molecule has 20 heavy (non-hydrogen) atoms. The van der Waals surface area contributed by atoms with E-state index in [9.17, 15) is 4.79 Å². The first-order valence-corrected chi connectivity index (χ1v) is 7.26. The number of methoxy groups -OCH3 is 1. The summed E-state index contributed by atoms with van der Waals surface area (Å²) in [6.07, 6.45) is 0.902. The van der Waals surface area contributed by atoms with Crippen LogP contribution < -0.4 is 4.74 Å². The van der Waals surface area contributed by atoms with E-state index in [-0.39, 0.29) is 6.54 Å². The number of rotatable bonds is 7. The van der Waals surface area contributed by atoms with E-state index in [4.69, 9.17) is 14.6 Å². The van der Waals surface area contributed by atoms with E-state index in [2.05, 4.69) is 22.0 Å². The smallest absolute Gasteiger partial charge is 0.317 e. The van der Waals surface area contributed by atoms with Gasteiger partial charge in [-0.1, -0.05) is 15.9 Å². The minimum absolute atomic E-state index is 0.00928. The standard InChI is InChI=1S/C14H18BrNO4/c1-19-5-3-16(9-13(17)18)8-11-7-12(15)6-10-2-4-20-14(10)11/h6-7H,2-5,8-9H2,1H3,(H,17,18). The van der Waals surface area contributed by atoms with Crippen LogP contribution in [0.2, 0.25) is 0 Å².